The van der Waals surface area contributed by atoms with Gasteiger partial charge in [-0.15, -0.1) is 0 Å². The molecule has 0 saturated carbocycles. The summed E-state index contributed by atoms with van der Waals surface area (Å²) >= 11 is 0. The highest BCUT2D eigenvalue weighted by Gasteiger charge is 2.22. The van der Waals surface area contributed by atoms with Gasteiger partial charge in [-0.2, -0.15) is 0 Å². The van der Waals surface area contributed by atoms with Gasteiger partial charge in [-0.1, -0.05) is 12.1 Å². The Labute approximate surface area is 132 Å². The van der Waals surface area contributed by atoms with E-state index < -0.39 is 0 Å². The molecule has 110 valence electrons. The van der Waals surface area contributed by atoms with Crippen molar-refractivity contribution in [3.63, 3.8) is 0 Å². The maximum Gasteiger partial charge on any atom is 0.230 e. The summed E-state index contributed by atoms with van der Waals surface area (Å²) in [5.41, 5.74) is 3.68. The van der Waals surface area contributed by atoms with Gasteiger partial charge in [0.1, 0.15) is 11.5 Å². The summed E-state index contributed by atoms with van der Waals surface area (Å²) in [5.74, 6) is 1.54. The van der Waals surface area contributed by atoms with Gasteiger partial charge in [0.05, 0.1) is 22.2 Å². The van der Waals surface area contributed by atoms with Crippen LogP contribution < -0.4 is 9.47 Å². The molecule has 0 atom stereocenters. The monoisotopic (exact) mass is 300 g/mol. The predicted molar refractivity (Wildman–Crippen MR) is 88.6 cm³/mol. The summed E-state index contributed by atoms with van der Waals surface area (Å²) in [6.45, 7) is 0.177. The average molecular weight is 300 g/mol. The smallest absolute Gasteiger partial charge is 0.230 e. The lowest BCUT2D eigenvalue weighted by Crippen LogP contribution is -2.03. The molecule has 0 fully saturated rings. The molecule has 4 aromatic rings. The summed E-state index contributed by atoms with van der Waals surface area (Å²) in [4.78, 5) is 9.16. The van der Waals surface area contributed by atoms with Crippen molar-refractivity contribution in [1.82, 2.24) is 9.97 Å². The predicted octanol–water partition coefficient (Wildman–Crippen LogP) is 4.18. The van der Waals surface area contributed by atoms with E-state index >= 15 is 0 Å². The van der Waals surface area contributed by atoms with Crippen molar-refractivity contribution in [2.45, 2.75) is 0 Å². The molecule has 0 unspecified atom stereocenters. The van der Waals surface area contributed by atoms with Crippen LogP contribution in [0.25, 0.3) is 32.9 Å². The molecule has 0 radical (unpaired) electrons. The number of hydrogen-bond acceptors (Lipinski definition) is 4. The number of aromatic nitrogens is 2. The molecule has 0 saturated heterocycles. The van der Waals surface area contributed by atoms with Crippen molar-refractivity contribution in [3.05, 3.63) is 60.9 Å². The molecule has 0 spiro atoms. The summed E-state index contributed by atoms with van der Waals surface area (Å²) in [5, 5.41) is 2.13. The van der Waals surface area contributed by atoms with Crippen LogP contribution in [0.2, 0.25) is 0 Å². The third kappa shape index (κ3) is 1.78. The Morgan fingerprint density at radius 1 is 0.652 bits per heavy atom. The van der Waals surface area contributed by atoms with E-state index in [1.165, 1.54) is 0 Å². The lowest BCUT2D eigenvalue weighted by Gasteiger charge is -2.12. The van der Waals surface area contributed by atoms with E-state index in [2.05, 4.69) is 9.97 Å². The molecular weight excluding hydrogens is 288 g/mol. The lowest BCUT2D eigenvalue weighted by atomic mass is 9.97. The zero-order chi connectivity index (χ0) is 15.2. The molecule has 1 aliphatic heterocycles. The molecule has 5 rings (SSSR count). The Bertz CT molecular complexity index is 974. The normalized spacial score (nSPS) is 12.9. The van der Waals surface area contributed by atoms with Gasteiger partial charge in [-0.3, -0.25) is 9.97 Å². The van der Waals surface area contributed by atoms with Gasteiger partial charge in [-0.25, -0.2) is 0 Å². The first-order valence-electron chi connectivity index (χ1n) is 7.43. The van der Waals surface area contributed by atoms with Crippen LogP contribution in [0.3, 0.4) is 0 Å². The number of fused-ring (bicyclic) bond motifs is 7. The minimum absolute atomic E-state index is 0.177. The first-order chi connectivity index (χ1) is 11.4. The Balaban J connectivity index is 2.01. The standard InChI is InChI=1S/C19H12N2O2/c1-3-12-5-7-14-16(18(12)20-9-1)17-15(23-11-22-14)8-6-13-4-2-10-21-19(13)17/h1-10H,11H2. The molecule has 23 heavy (non-hydrogen) atoms. The second-order valence-electron chi connectivity index (χ2n) is 5.43. The van der Waals surface area contributed by atoms with Crippen molar-refractivity contribution in [2.75, 3.05) is 6.79 Å². The topological polar surface area (TPSA) is 44.2 Å². The molecule has 4 nitrogen and oxygen atoms in total. The molecule has 0 bridgehead atoms. The molecule has 0 aliphatic carbocycles. The number of benzene rings is 2. The van der Waals surface area contributed by atoms with Crippen LogP contribution in [-0.2, 0) is 0 Å². The van der Waals surface area contributed by atoms with Gasteiger partial charge >= 0.3 is 0 Å². The summed E-state index contributed by atoms with van der Waals surface area (Å²) < 4.78 is 11.6. The molecule has 1 aliphatic rings. The largest absolute Gasteiger partial charge is 0.457 e. The minimum atomic E-state index is 0.177. The Kier molecular flexibility index (Phi) is 2.52. The zero-order valence-corrected chi connectivity index (χ0v) is 12.2. The minimum Gasteiger partial charge on any atom is -0.457 e. The highest BCUT2D eigenvalue weighted by molar-refractivity contribution is 6.07. The number of nitrogens with zero attached hydrogens (tertiary/aromatic N) is 2. The molecule has 0 amide bonds. The van der Waals surface area contributed by atoms with Gasteiger partial charge < -0.3 is 9.47 Å². The fourth-order valence-corrected chi connectivity index (χ4v) is 3.13. The molecule has 0 N–H and O–H groups in total. The Hall–Kier alpha value is -3.14. The fourth-order valence-electron chi connectivity index (χ4n) is 3.13. The van der Waals surface area contributed by atoms with Gasteiger partial charge in [0, 0.05) is 23.2 Å². The quantitative estimate of drug-likeness (QED) is 0.488. The molecule has 3 heterocycles. The zero-order valence-electron chi connectivity index (χ0n) is 12.2. The third-order valence-electron chi connectivity index (χ3n) is 4.15. The van der Waals surface area contributed by atoms with Crippen LogP contribution in [0.5, 0.6) is 11.5 Å². The summed E-state index contributed by atoms with van der Waals surface area (Å²) in [6.07, 6.45) is 3.60. The van der Waals surface area contributed by atoms with Crippen LogP contribution in [0.15, 0.2) is 60.9 Å². The Morgan fingerprint density at radius 2 is 1.17 bits per heavy atom. The average Bonchev–Trinajstić information content (AvgIpc) is 2.81. The summed E-state index contributed by atoms with van der Waals surface area (Å²) in [6, 6.07) is 15.9. The van der Waals surface area contributed by atoms with Crippen LogP contribution in [0.4, 0.5) is 0 Å². The molecular formula is C19H12N2O2. The van der Waals surface area contributed by atoms with Gasteiger partial charge in [-0.05, 0) is 36.4 Å². The van der Waals surface area contributed by atoms with Crippen LogP contribution in [0, 0.1) is 0 Å². The van der Waals surface area contributed by atoms with E-state index in [1.807, 2.05) is 48.5 Å². The van der Waals surface area contributed by atoms with Gasteiger partial charge in [0.15, 0.2) is 0 Å². The number of ether oxygens (including phenoxy) is 2. The van der Waals surface area contributed by atoms with E-state index in [0.29, 0.717) is 0 Å². The van der Waals surface area contributed by atoms with Gasteiger partial charge in [0.2, 0.25) is 6.79 Å². The second-order valence-corrected chi connectivity index (χ2v) is 5.43. The first-order valence-corrected chi connectivity index (χ1v) is 7.43. The highest BCUT2D eigenvalue weighted by atomic mass is 16.7. The maximum absolute atomic E-state index is 5.80. The number of pyridine rings is 2. The van der Waals surface area contributed by atoms with Crippen molar-refractivity contribution >= 4 is 21.8 Å². The van der Waals surface area contributed by atoms with E-state index in [-0.39, 0.29) is 6.79 Å². The van der Waals surface area contributed by atoms with Crippen molar-refractivity contribution < 1.29 is 9.47 Å². The van der Waals surface area contributed by atoms with Crippen molar-refractivity contribution in [1.29, 1.82) is 0 Å². The number of rotatable bonds is 0. The first kappa shape index (κ1) is 12.4. The Morgan fingerprint density at radius 3 is 1.70 bits per heavy atom. The highest BCUT2D eigenvalue weighted by Crippen LogP contribution is 2.45. The van der Waals surface area contributed by atoms with Crippen LogP contribution in [-0.4, -0.2) is 16.8 Å². The third-order valence-corrected chi connectivity index (χ3v) is 4.15. The fraction of sp³-hybridized carbons (Fsp3) is 0.0526. The van der Waals surface area contributed by atoms with E-state index in [9.17, 15) is 0 Å². The lowest BCUT2D eigenvalue weighted by molar-refractivity contribution is 0.125. The second kappa shape index (κ2) is 4.68. The van der Waals surface area contributed by atoms with Crippen molar-refractivity contribution in [2.24, 2.45) is 0 Å². The molecule has 4 heteroatoms. The van der Waals surface area contributed by atoms with E-state index in [4.69, 9.17) is 9.47 Å². The van der Waals surface area contributed by atoms with Crippen LogP contribution >= 0.6 is 0 Å². The summed E-state index contributed by atoms with van der Waals surface area (Å²) in [7, 11) is 0. The number of hydrogen-bond donors (Lipinski definition) is 0. The molecule has 2 aromatic heterocycles. The van der Waals surface area contributed by atoms with E-state index in [0.717, 1.165) is 44.4 Å². The SMILES string of the molecule is c1cnc2c3c(ccc2c1)OCOc1ccc2cccnc2c1-3. The van der Waals surface area contributed by atoms with E-state index in [1.54, 1.807) is 12.4 Å². The van der Waals surface area contributed by atoms with Gasteiger partial charge in [0.25, 0.3) is 0 Å². The van der Waals surface area contributed by atoms with Crippen molar-refractivity contribution in [3.8, 4) is 22.6 Å². The molecule has 2 aromatic carbocycles. The van der Waals surface area contributed by atoms with Crippen LogP contribution in [0.1, 0.15) is 0 Å². The maximum atomic E-state index is 5.80.